The van der Waals surface area contributed by atoms with Crippen molar-refractivity contribution in [3.05, 3.63) is 35.9 Å². The lowest BCUT2D eigenvalue weighted by molar-refractivity contribution is -0.359. The molecular formula is C15H20O6. The number of methoxy groups -OCH3 is 2. The molecule has 2 aliphatic rings. The van der Waals surface area contributed by atoms with Gasteiger partial charge in [0.05, 0.1) is 6.61 Å². The van der Waals surface area contributed by atoms with Crippen LogP contribution in [0.3, 0.4) is 0 Å². The molecule has 1 unspecified atom stereocenters. The van der Waals surface area contributed by atoms with Crippen LogP contribution in [0.25, 0.3) is 0 Å². The van der Waals surface area contributed by atoms with Crippen molar-refractivity contribution in [2.24, 2.45) is 0 Å². The molecule has 0 aliphatic carbocycles. The molecule has 0 radical (unpaired) electrons. The minimum absolute atomic E-state index is 0.331. The fraction of sp³-hybridized carbons (Fsp3) is 0.600. The first-order valence-electron chi connectivity index (χ1n) is 6.95. The second-order valence-electron chi connectivity index (χ2n) is 5.14. The van der Waals surface area contributed by atoms with Crippen LogP contribution < -0.4 is 0 Å². The third kappa shape index (κ3) is 2.83. The Hall–Kier alpha value is -1.02. The molecule has 2 heterocycles. The van der Waals surface area contributed by atoms with Gasteiger partial charge in [-0.3, -0.25) is 0 Å². The Morgan fingerprint density at radius 3 is 2.43 bits per heavy atom. The molecule has 0 amide bonds. The van der Waals surface area contributed by atoms with Crippen molar-refractivity contribution in [1.29, 1.82) is 0 Å². The summed E-state index contributed by atoms with van der Waals surface area (Å²) in [5, 5.41) is 9.95. The second-order valence-corrected chi connectivity index (χ2v) is 5.14. The third-order valence-corrected chi connectivity index (χ3v) is 3.92. The van der Waals surface area contributed by atoms with E-state index in [4.69, 9.17) is 23.7 Å². The van der Waals surface area contributed by atoms with Gasteiger partial charge in [0.2, 0.25) is 0 Å². The summed E-state index contributed by atoms with van der Waals surface area (Å²) in [5.74, 6) is 0. The molecule has 116 valence electrons. The smallest absolute Gasteiger partial charge is 0.184 e. The average molecular weight is 296 g/mol. The molecule has 1 N–H and O–H groups in total. The molecular weight excluding hydrogens is 276 g/mol. The molecule has 1 aromatic rings. The van der Waals surface area contributed by atoms with Crippen LogP contribution in [0.2, 0.25) is 0 Å². The summed E-state index contributed by atoms with van der Waals surface area (Å²) in [6.07, 6.45) is -3.27. The van der Waals surface area contributed by atoms with Crippen LogP contribution in [-0.4, -0.2) is 56.6 Å². The molecule has 2 fully saturated rings. The monoisotopic (exact) mass is 296 g/mol. The van der Waals surface area contributed by atoms with E-state index in [-0.39, 0.29) is 12.2 Å². The summed E-state index contributed by atoms with van der Waals surface area (Å²) in [6.45, 7) is 0.331. The Balaban J connectivity index is 1.78. The summed E-state index contributed by atoms with van der Waals surface area (Å²) in [5.41, 5.74) is 0.936. The number of hydrogen-bond acceptors (Lipinski definition) is 6. The number of aliphatic hydroxyl groups excluding tert-OH is 1. The fourth-order valence-corrected chi connectivity index (χ4v) is 2.86. The standard InChI is InChI=1S/C15H20O6/c1-17-12-11-10(20-14(16)13(12)18-2)8-19-15(21-11)9-6-4-3-5-7-9/h3-7,10-16H,8H2,1-2H3/t10-,11-,12+,13+,14+,15?/m0/s1. The number of aliphatic hydroxyl groups is 1. The first-order valence-corrected chi connectivity index (χ1v) is 6.95. The van der Waals surface area contributed by atoms with Crippen LogP contribution in [0, 0.1) is 0 Å². The maximum atomic E-state index is 9.95. The number of fused-ring (bicyclic) bond motifs is 1. The van der Waals surface area contributed by atoms with E-state index in [1.54, 1.807) is 7.11 Å². The van der Waals surface area contributed by atoms with Crippen LogP contribution in [0.4, 0.5) is 0 Å². The van der Waals surface area contributed by atoms with Crippen molar-refractivity contribution >= 4 is 0 Å². The molecule has 2 aliphatic heterocycles. The van der Waals surface area contributed by atoms with Gasteiger partial charge in [-0.1, -0.05) is 30.3 Å². The van der Waals surface area contributed by atoms with Crippen molar-refractivity contribution in [3.8, 4) is 0 Å². The van der Waals surface area contributed by atoms with Gasteiger partial charge in [-0.15, -0.1) is 0 Å². The van der Waals surface area contributed by atoms with Crippen LogP contribution >= 0.6 is 0 Å². The highest BCUT2D eigenvalue weighted by molar-refractivity contribution is 5.16. The van der Waals surface area contributed by atoms with E-state index in [0.717, 1.165) is 5.56 Å². The van der Waals surface area contributed by atoms with Gasteiger partial charge < -0.3 is 28.8 Å². The lowest BCUT2D eigenvalue weighted by Crippen LogP contribution is -2.62. The van der Waals surface area contributed by atoms with Gasteiger partial charge in [0, 0.05) is 19.8 Å². The maximum Gasteiger partial charge on any atom is 0.184 e. The van der Waals surface area contributed by atoms with E-state index in [1.807, 2.05) is 30.3 Å². The van der Waals surface area contributed by atoms with E-state index >= 15 is 0 Å². The molecule has 21 heavy (non-hydrogen) atoms. The Bertz CT molecular complexity index is 453. The summed E-state index contributed by atoms with van der Waals surface area (Å²) in [4.78, 5) is 0. The lowest BCUT2D eigenvalue weighted by Gasteiger charge is -2.47. The molecule has 0 bridgehead atoms. The molecule has 6 atom stereocenters. The van der Waals surface area contributed by atoms with Gasteiger partial charge in [-0.2, -0.15) is 0 Å². The van der Waals surface area contributed by atoms with E-state index < -0.39 is 24.8 Å². The number of rotatable bonds is 3. The Morgan fingerprint density at radius 1 is 1.05 bits per heavy atom. The van der Waals surface area contributed by atoms with E-state index in [1.165, 1.54) is 7.11 Å². The van der Waals surface area contributed by atoms with Gasteiger partial charge in [-0.25, -0.2) is 0 Å². The SMILES string of the molecule is CO[C@H]1[C@@H](OC)[C@H](O)O[C@H]2COC(c3ccccc3)O[C@H]12. The molecule has 0 aromatic heterocycles. The van der Waals surface area contributed by atoms with Crippen LogP contribution in [0.5, 0.6) is 0 Å². The third-order valence-electron chi connectivity index (χ3n) is 3.92. The average Bonchev–Trinajstić information content (AvgIpc) is 2.54. The van der Waals surface area contributed by atoms with Crippen LogP contribution in [0.15, 0.2) is 30.3 Å². The minimum Gasteiger partial charge on any atom is -0.376 e. The van der Waals surface area contributed by atoms with Gasteiger partial charge in [0.25, 0.3) is 0 Å². The largest absolute Gasteiger partial charge is 0.376 e. The van der Waals surface area contributed by atoms with Crippen LogP contribution in [0.1, 0.15) is 11.9 Å². The molecule has 2 saturated heterocycles. The Labute approximate surface area is 123 Å². The topological polar surface area (TPSA) is 66.4 Å². The van der Waals surface area contributed by atoms with Gasteiger partial charge in [0.1, 0.15) is 24.4 Å². The normalized spacial score (nSPS) is 39.8. The van der Waals surface area contributed by atoms with Gasteiger partial charge >= 0.3 is 0 Å². The summed E-state index contributed by atoms with van der Waals surface area (Å²) >= 11 is 0. The summed E-state index contributed by atoms with van der Waals surface area (Å²) in [6, 6.07) is 9.69. The van der Waals surface area contributed by atoms with Crippen molar-refractivity contribution in [3.63, 3.8) is 0 Å². The Morgan fingerprint density at radius 2 is 1.76 bits per heavy atom. The predicted molar refractivity (Wildman–Crippen MR) is 72.5 cm³/mol. The summed E-state index contributed by atoms with van der Waals surface area (Å²) in [7, 11) is 3.08. The fourth-order valence-electron chi connectivity index (χ4n) is 2.86. The zero-order chi connectivity index (χ0) is 14.8. The minimum atomic E-state index is -1.05. The highest BCUT2D eigenvalue weighted by Gasteiger charge is 2.50. The highest BCUT2D eigenvalue weighted by atomic mass is 16.7. The van der Waals surface area contributed by atoms with Crippen molar-refractivity contribution in [2.75, 3.05) is 20.8 Å². The number of hydrogen-bond donors (Lipinski definition) is 1. The van der Waals surface area contributed by atoms with Gasteiger partial charge in [0.15, 0.2) is 12.6 Å². The zero-order valence-corrected chi connectivity index (χ0v) is 12.0. The quantitative estimate of drug-likeness (QED) is 0.892. The maximum absolute atomic E-state index is 9.95. The lowest BCUT2D eigenvalue weighted by atomic mass is 9.97. The molecule has 0 spiro atoms. The van der Waals surface area contributed by atoms with E-state index in [9.17, 15) is 5.11 Å². The first-order chi connectivity index (χ1) is 10.2. The van der Waals surface area contributed by atoms with Crippen LogP contribution in [-0.2, 0) is 23.7 Å². The summed E-state index contributed by atoms with van der Waals surface area (Å²) < 4.78 is 27.9. The predicted octanol–water partition coefficient (Wildman–Crippen LogP) is 0.848. The van der Waals surface area contributed by atoms with Crippen molar-refractivity contribution < 1.29 is 28.8 Å². The van der Waals surface area contributed by atoms with Gasteiger partial charge in [-0.05, 0) is 0 Å². The first kappa shape index (κ1) is 14.9. The molecule has 3 rings (SSSR count). The molecule has 6 heteroatoms. The second kappa shape index (κ2) is 6.39. The highest BCUT2D eigenvalue weighted by Crippen LogP contribution is 2.35. The molecule has 0 saturated carbocycles. The molecule has 1 aromatic carbocycles. The Kier molecular flexibility index (Phi) is 4.54. The number of ether oxygens (including phenoxy) is 5. The van der Waals surface area contributed by atoms with Crippen molar-refractivity contribution in [1.82, 2.24) is 0 Å². The van der Waals surface area contributed by atoms with E-state index in [2.05, 4.69) is 0 Å². The zero-order valence-electron chi connectivity index (χ0n) is 12.0. The van der Waals surface area contributed by atoms with Crippen molar-refractivity contribution in [2.45, 2.75) is 37.0 Å². The van der Waals surface area contributed by atoms with E-state index in [0.29, 0.717) is 6.61 Å². The molecule has 6 nitrogen and oxygen atoms in total. The number of benzene rings is 1.